The first-order chi connectivity index (χ1) is 22.8. The zero-order valence-electron chi connectivity index (χ0n) is 25.6. The molecule has 13 N–H and O–H groups in total. The summed E-state index contributed by atoms with van der Waals surface area (Å²) in [7, 11) is -2.25. The minimum atomic E-state index is -2.25. The highest BCUT2D eigenvalue weighted by Gasteiger charge is 2.47. The van der Waals surface area contributed by atoms with Crippen LogP contribution in [0.2, 0.25) is 0 Å². The molecule has 2 fully saturated rings. The number of H-pyrrole nitrogens is 2. The molecule has 0 amide bonds. The molecule has 4 aromatic heterocycles. The Morgan fingerprint density at radius 2 is 1.31 bits per heavy atom. The lowest BCUT2D eigenvalue weighted by Crippen LogP contribution is -2.33. The fourth-order valence-electron chi connectivity index (χ4n) is 5.58. The van der Waals surface area contributed by atoms with Crippen LogP contribution in [0.5, 0.6) is 0 Å². The van der Waals surface area contributed by atoms with Gasteiger partial charge in [0.05, 0.1) is 17.4 Å². The van der Waals surface area contributed by atoms with Crippen molar-refractivity contribution in [3.63, 3.8) is 0 Å². The van der Waals surface area contributed by atoms with Gasteiger partial charge in [-0.05, 0) is 24.0 Å². The number of aliphatic hydroxyl groups is 6. The normalized spacial score (nSPS) is 27.9. The molecular formula is C26H37N8O13P. The predicted molar refractivity (Wildman–Crippen MR) is 166 cm³/mol. The fourth-order valence-corrected chi connectivity index (χ4v) is 5.82. The first-order valence-corrected chi connectivity index (χ1v) is 16.1. The maximum Gasteiger partial charge on any atom is 0.262 e. The molecule has 0 aromatic carbocycles. The molecule has 9 atom stereocenters. The summed E-state index contributed by atoms with van der Waals surface area (Å²) >= 11 is 0. The zero-order valence-corrected chi connectivity index (χ0v) is 26.5. The van der Waals surface area contributed by atoms with Gasteiger partial charge in [0.25, 0.3) is 11.1 Å². The molecule has 21 nitrogen and oxygen atoms in total. The van der Waals surface area contributed by atoms with Crippen molar-refractivity contribution in [3.8, 4) is 0 Å². The molecule has 0 aliphatic carbocycles. The molecular weight excluding hydrogens is 663 g/mol. The van der Waals surface area contributed by atoms with E-state index in [1.54, 1.807) is 12.4 Å². The number of hydrogen-bond donors (Lipinski definition) is 11. The number of rotatable bonds is 9. The van der Waals surface area contributed by atoms with Crippen LogP contribution < -0.4 is 22.6 Å². The summed E-state index contributed by atoms with van der Waals surface area (Å²) in [5.41, 5.74) is 12.2. The van der Waals surface area contributed by atoms with Crippen molar-refractivity contribution in [1.82, 2.24) is 29.1 Å². The highest BCUT2D eigenvalue weighted by Crippen LogP contribution is 2.37. The summed E-state index contributed by atoms with van der Waals surface area (Å²) in [4.78, 5) is 51.3. The summed E-state index contributed by atoms with van der Waals surface area (Å²) in [5.74, 6) is -0.159. The minimum Gasteiger partial charge on any atom is -0.394 e. The van der Waals surface area contributed by atoms with Crippen molar-refractivity contribution < 1.29 is 54.6 Å². The SMILES string of the molecule is CCc1cn([C@@H]2O[C@H](CO)C(O)[C@@H]2O)c2nc(N)[nH]c(=O)c12.CCc1cn([C@@H]2O[C@H](OOP(O)CO)C(O)[C@@H]2O)c2nc(N)[nH]c(=O)c12. The van der Waals surface area contributed by atoms with E-state index in [-0.39, 0.29) is 28.8 Å². The molecule has 2 aliphatic heterocycles. The number of aryl methyl sites for hydroxylation is 2. The predicted octanol–water partition coefficient (Wildman–Crippen LogP) is -2.87. The second kappa shape index (κ2) is 14.5. The Morgan fingerprint density at radius 3 is 1.75 bits per heavy atom. The maximum atomic E-state index is 12.2. The number of aliphatic hydroxyl groups excluding tert-OH is 6. The van der Waals surface area contributed by atoms with Gasteiger partial charge in [0.1, 0.15) is 36.9 Å². The maximum absolute atomic E-state index is 12.2. The molecule has 22 heteroatoms. The van der Waals surface area contributed by atoms with Crippen LogP contribution in [0.3, 0.4) is 0 Å². The van der Waals surface area contributed by atoms with E-state index in [1.807, 2.05) is 13.8 Å². The van der Waals surface area contributed by atoms with Crippen LogP contribution in [0, 0.1) is 0 Å². The van der Waals surface area contributed by atoms with Gasteiger partial charge < -0.3 is 65.6 Å². The van der Waals surface area contributed by atoms with E-state index in [1.165, 1.54) is 9.13 Å². The lowest BCUT2D eigenvalue weighted by molar-refractivity contribution is -0.332. The van der Waals surface area contributed by atoms with Gasteiger partial charge in [-0.3, -0.25) is 19.6 Å². The average Bonchev–Trinajstić information content (AvgIpc) is 3.77. The molecule has 48 heavy (non-hydrogen) atoms. The molecule has 2 aliphatic rings. The molecule has 0 bridgehead atoms. The third-order valence-electron chi connectivity index (χ3n) is 7.93. The summed E-state index contributed by atoms with van der Waals surface area (Å²) < 4.78 is 18.3. The number of aromatic amines is 2. The third kappa shape index (κ3) is 6.55. The van der Waals surface area contributed by atoms with Crippen LogP contribution in [-0.4, -0.2) is 114 Å². The molecule has 2 saturated heterocycles. The van der Waals surface area contributed by atoms with Crippen LogP contribution in [0.4, 0.5) is 11.9 Å². The van der Waals surface area contributed by atoms with Crippen molar-refractivity contribution in [1.29, 1.82) is 0 Å². The van der Waals surface area contributed by atoms with Gasteiger partial charge in [-0.1, -0.05) is 13.8 Å². The number of ether oxygens (including phenoxy) is 2. The average molecular weight is 701 g/mol. The molecule has 0 radical (unpaired) electrons. The van der Waals surface area contributed by atoms with Crippen LogP contribution in [-0.2, 0) is 31.9 Å². The van der Waals surface area contributed by atoms with Gasteiger partial charge in [-0.15, -0.1) is 0 Å². The standard InChI is InChI=1S/C13H19N4O8P.C13H18N4O5/c1-2-5-3-17(9-6(5)10(21)16-13(14)15-9)11-7(19)8(20)12(23-11)24-25-26(22)4-18;1-2-5-3-17(10-7(5)11(21)16-13(14)15-10)12-9(20)8(19)6(4-18)22-12/h3,7-8,11-12,18-20,22H,2,4H2,1H3,(H3,14,15,16,21);3,6,8-9,12,18-20H,2,4H2,1H3,(H3,14,15,16,21)/t7-,8?,11+,12+,26?;6-,8?,9+,12-/m01/s1. The zero-order chi connectivity index (χ0) is 35.0. The smallest absolute Gasteiger partial charge is 0.262 e. The van der Waals surface area contributed by atoms with E-state index in [0.29, 0.717) is 29.2 Å². The van der Waals surface area contributed by atoms with Crippen LogP contribution in [0.1, 0.15) is 37.4 Å². The van der Waals surface area contributed by atoms with Crippen LogP contribution in [0.25, 0.3) is 22.1 Å². The Morgan fingerprint density at radius 1 is 0.833 bits per heavy atom. The Bertz CT molecular complexity index is 1860. The largest absolute Gasteiger partial charge is 0.394 e. The Hall–Kier alpha value is -3.57. The molecule has 4 aromatic rings. The number of anilines is 2. The number of nitrogens with zero attached hydrogens (tertiary/aromatic N) is 4. The first-order valence-electron chi connectivity index (χ1n) is 14.7. The van der Waals surface area contributed by atoms with Crippen molar-refractivity contribution in [2.45, 2.75) is 76.0 Å². The Labute approximate surface area is 270 Å². The van der Waals surface area contributed by atoms with E-state index >= 15 is 0 Å². The van der Waals surface area contributed by atoms with Gasteiger partial charge in [-0.25, -0.2) is 0 Å². The topological polar surface area (TPSA) is 332 Å². The Balaban J connectivity index is 0.000000190. The van der Waals surface area contributed by atoms with E-state index in [9.17, 15) is 40.0 Å². The van der Waals surface area contributed by atoms with Crippen LogP contribution >= 0.6 is 8.38 Å². The number of aromatic nitrogens is 6. The summed E-state index contributed by atoms with van der Waals surface area (Å²) in [5, 5.41) is 59.0. The van der Waals surface area contributed by atoms with Crippen LogP contribution in [0.15, 0.2) is 22.0 Å². The lowest BCUT2D eigenvalue weighted by atomic mass is 10.1. The number of hydrogen-bond acceptors (Lipinski definition) is 17. The second-order valence-electron chi connectivity index (χ2n) is 10.9. The molecule has 6 rings (SSSR count). The van der Waals surface area contributed by atoms with Gasteiger partial charge in [-0.2, -0.15) is 19.5 Å². The second-order valence-corrected chi connectivity index (χ2v) is 12.0. The number of nitrogens with one attached hydrogen (secondary N) is 2. The number of fused-ring (bicyclic) bond motifs is 2. The fraction of sp³-hybridized carbons (Fsp3) is 0.538. The van der Waals surface area contributed by atoms with E-state index in [4.69, 9.17) is 30.9 Å². The summed E-state index contributed by atoms with van der Waals surface area (Å²) in [6.45, 7) is 3.30. The molecule has 0 spiro atoms. The van der Waals surface area contributed by atoms with E-state index in [0.717, 1.165) is 5.56 Å². The highest BCUT2D eigenvalue weighted by molar-refractivity contribution is 7.45. The van der Waals surface area contributed by atoms with Gasteiger partial charge in [0.15, 0.2) is 23.8 Å². The van der Waals surface area contributed by atoms with E-state index < -0.39 is 76.2 Å². The van der Waals surface area contributed by atoms with Gasteiger partial charge >= 0.3 is 0 Å². The lowest BCUT2D eigenvalue weighted by Gasteiger charge is -2.17. The van der Waals surface area contributed by atoms with Crippen molar-refractivity contribution >= 4 is 42.3 Å². The summed E-state index contributed by atoms with van der Waals surface area (Å²) in [6.07, 6.45) is -6.22. The highest BCUT2D eigenvalue weighted by atomic mass is 31.2. The van der Waals surface area contributed by atoms with E-state index in [2.05, 4.69) is 24.6 Å². The van der Waals surface area contributed by atoms with Crippen molar-refractivity contribution in [2.75, 3.05) is 24.4 Å². The third-order valence-corrected chi connectivity index (χ3v) is 8.43. The number of nitrogen functional groups attached to an aromatic ring is 2. The molecule has 6 heterocycles. The molecule has 264 valence electrons. The van der Waals surface area contributed by atoms with Crippen molar-refractivity contribution in [3.05, 3.63) is 44.2 Å². The Kier molecular flexibility index (Phi) is 10.8. The molecule has 3 unspecified atom stereocenters. The quantitative estimate of drug-likeness (QED) is 0.0475. The monoisotopic (exact) mass is 700 g/mol. The first kappa shape index (κ1) is 35.7. The summed E-state index contributed by atoms with van der Waals surface area (Å²) in [6, 6.07) is 0. The molecule has 0 saturated carbocycles. The van der Waals surface area contributed by atoms with Gasteiger partial charge in [0, 0.05) is 12.4 Å². The van der Waals surface area contributed by atoms with Gasteiger partial charge in [0.2, 0.25) is 26.6 Å². The number of nitrogens with two attached hydrogens (primary N) is 2. The van der Waals surface area contributed by atoms with Crippen molar-refractivity contribution in [2.24, 2.45) is 0 Å². The minimum absolute atomic E-state index is 0.0498.